The number of carbonyl (C=O) groups excluding carboxylic acids is 1. The molecular weight excluding hydrogens is 170 g/mol. The summed E-state index contributed by atoms with van der Waals surface area (Å²) in [6.45, 7) is 6.85. The Labute approximate surface area is 77.8 Å². The van der Waals surface area contributed by atoms with Gasteiger partial charge in [-0.25, -0.2) is 0 Å². The van der Waals surface area contributed by atoms with Gasteiger partial charge in [0.15, 0.2) is 0 Å². The van der Waals surface area contributed by atoms with Crippen molar-refractivity contribution >= 4 is 5.91 Å². The second-order valence-electron chi connectivity index (χ2n) is 3.18. The Balaban J connectivity index is 2.58. The van der Waals surface area contributed by atoms with Crippen LogP contribution in [0.5, 0.6) is 0 Å². The predicted molar refractivity (Wildman–Crippen MR) is 48.2 cm³/mol. The summed E-state index contributed by atoms with van der Waals surface area (Å²) in [4.78, 5) is 13.2. The highest BCUT2D eigenvalue weighted by Crippen LogP contribution is 2.09. The maximum Gasteiger partial charge on any atom is 0.251 e. The van der Waals surface area contributed by atoms with E-state index in [0.29, 0.717) is 19.8 Å². The third-order valence-corrected chi connectivity index (χ3v) is 2.12. The molecule has 13 heavy (non-hydrogen) atoms. The van der Waals surface area contributed by atoms with Gasteiger partial charge < -0.3 is 14.7 Å². The van der Waals surface area contributed by atoms with Crippen molar-refractivity contribution in [1.82, 2.24) is 4.90 Å². The molecule has 1 atom stereocenters. The molecule has 74 valence electrons. The summed E-state index contributed by atoms with van der Waals surface area (Å²) in [6.07, 6.45) is 0. The summed E-state index contributed by atoms with van der Waals surface area (Å²) < 4.78 is 5.19. The maximum absolute atomic E-state index is 11.6. The molecule has 0 radical (unpaired) electrons. The normalized spacial score (nSPS) is 22.9. The van der Waals surface area contributed by atoms with E-state index < -0.39 is 0 Å². The minimum absolute atomic E-state index is 0.0737. The van der Waals surface area contributed by atoms with Crippen LogP contribution < -0.4 is 0 Å². The Bertz CT molecular complexity index is 215. The van der Waals surface area contributed by atoms with Crippen molar-refractivity contribution in [2.75, 3.05) is 26.4 Å². The zero-order valence-electron chi connectivity index (χ0n) is 7.82. The smallest absolute Gasteiger partial charge is 0.251 e. The zero-order chi connectivity index (χ0) is 9.84. The van der Waals surface area contributed by atoms with Crippen molar-refractivity contribution in [2.24, 2.45) is 0 Å². The first-order valence-electron chi connectivity index (χ1n) is 4.34. The van der Waals surface area contributed by atoms with Gasteiger partial charge in [0.2, 0.25) is 0 Å². The van der Waals surface area contributed by atoms with Gasteiger partial charge in [0.25, 0.3) is 5.91 Å². The van der Waals surface area contributed by atoms with Crippen LogP contribution in [-0.2, 0) is 9.53 Å². The van der Waals surface area contributed by atoms with Gasteiger partial charge in [0.1, 0.15) is 0 Å². The molecule has 4 nitrogen and oxygen atoms in total. The van der Waals surface area contributed by atoms with E-state index in [-0.39, 0.29) is 24.1 Å². The van der Waals surface area contributed by atoms with Crippen molar-refractivity contribution in [3.05, 3.63) is 12.2 Å². The Kier molecular flexibility index (Phi) is 3.45. The maximum atomic E-state index is 11.6. The van der Waals surface area contributed by atoms with Crippen LogP contribution >= 0.6 is 0 Å². The Morgan fingerprint density at radius 1 is 1.77 bits per heavy atom. The van der Waals surface area contributed by atoms with E-state index in [2.05, 4.69) is 6.58 Å². The van der Waals surface area contributed by atoms with Crippen LogP contribution in [0.3, 0.4) is 0 Å². The fourth-order valence-electron chi connectivity index (χ4n) is 1.30. The average molecular weight is 185 g/mol. The molecule has 1 saturated heterocycles. The number of aliphatic hydroxyl groups is 1. The summed E-state index contributed by atoms with van der Waals surface area (Å²) in [6, 6.07) is 0.0737. The molecule has 1 unspecified atom stereocenters. The van der Waals surface area contributed by atoms with E-state index in [0.717, 1.165) is 0 Å². The number of hydrogen-bond donors (Lipinski definition) is 1. The standard InChI is InChI=1S/C9H15NO3/c1-7(5-11)9(12)10-3-4-13-6-8(10)2/h8,11H,1,3-6H2,2H3. The van der Waals surface area contributed by atoms with Crippen LogP contribution in [0.15, 0.2) is 12.2 Å². The number of morpholine rings is 1. The molecule has 0 aromatic carbocycles. The lowest BCUT2D eigenvalue weighted by atomic mass is 10.2. The summed E-state index contributed by atoms with van der Waals surface area (Å²) in [5, 5.41) is 8.74. The molecule has 1 amide bonds. The Morgan fingerprint density at radius 3 is 3.00 bits per heavy atom. The van der Waals surface area contributed by atoms with E-state index in [1.165, 1.54) is 0 Å². The lowest BCUT2D eigenvalue weighted by Gasteiger charge is -2.33. The highest BCUT2D eigenvalue weighted by atomic mass is 16.5. The summed E-state index contributed by atoms with van der Waals surface area (Å²) in [5.41, 5.74) is 0.244. The van der Waals surface area contributed by atoms with Crippen molar-refractivity contribution in [3.63, 3.8) is 0 Å². The Morgan fingerprint density at radius 2 is 2.46 bits per heavy atom. The van der Waals surface area contributed by atoms with E-state index in [9.17, 15) is 4.79 Å². The van der Waals surface area contributed by atoms with Gasteiger partial charge in [0, 0.05) is 12.1 Å². The van der Waals surface area contributed by atoms with Gasteiger partial charge in [-0.05, 0) is 6.92 Å². The molecule has 1 fully saturated rings. The molecule has 1 rings (SSSR count). The van der Waals surface area contributed by atoms with Crippen LogP contribution in [0.25, 0.3) is 0 Å². The molecule has 0 aromatic rings. The van der Waals surface area contributed by atoms with Crippen LogP contribution in [0.2, 0.25) is 0 Å². The molecule has 0 spiro atoms. The molecule has 4 heteroatoms. The quantitative estimate of drug-likeness (QED) is 0.605. The van der Waals surface area contributed by atoms with Crippen LogP contribution in [-0.4, -0.2) is 48.3 Å². The van der Waals surface area contributed by atoms with E-state index in [1.807, 2.05) is 6.92 Å². The minimum atomic E-state index is -0.275. The predicted octanol–water partition coefficient (Wildman–Crippen LogP) is -0.218. The summed E-state index contributed by atoms with van der Waals surface area (Å²) >= 11 is 0. The van der Waals surface area contributed by atoms with E-state index in [1.54, 1.807) is 4.90 Å². The fourth-order valence-corrected chi connectivity index (χ4v) is 1.30. The first-order valence-corrected chi connectivity index (χ1v) is 4.34. The number of carbonyl (C=O) groups is 1. The van der Waals surface area contributed by atoms with Crippen molar-refractivity contribution in [1.29, 1.82) is 0 Å². The monoisotopic (exact) mass is 185 g/mol. The number of amides is 1. The molecule has 0 bridgehead atoms. The van der Waals surface area contributed by atoms with Crippen LogP contribution in [0.1, 0.15) is 6.92 Å². The molecule has 0 aromatic heterocycles. The third-order valence-electron chi connectivity index (χ3n) is 2.12. The second-order valence-corrected chi connectivity index (χ2v) is 3.18. The van der Waals surface area contributed by atoms with Crippen LogP contribution in [0, 0.1) is 0 Å². The van der Waals surface area contributed by atoms with Gasteiger partial charge in [-0.3, -0.25) is 4.79 Å². The second kappa shape index (κ2) is 4.39. The number of hydrogen-bond acceptors (Lipinski definition) is 3. The van der Waals surface area contributed by atoms with Gasteiger partial charge in [-0.2, -0.15) is 0 Å². The van der Waals surface area contributed by atoms with Gasteiger partial charge >= 0.3 is 0 Å². The molecule has 1 N–H and O–H groups in total. The topological polar surface area (TPSA) is 49.8 Å². The number of rotatable bonds is 2. The van der Waals surface area contributed by atoms with Gasteiger partial charge in [-0.15, -0.1) is 0 Å². The molecular formula is C9H15NO3. The van der Waals surface area contributed by atoms with Gasteiger partial charge in [-0.1, -0.05) is 6.58 Å². The van der Waals surface area contributed by atoms with E-state index in [4.69, 9.17) is 9.84 Å². The average Bonchev–Trinajstić information content (AvgIpc) is 2.16. The zero-order valence-corrected chi connectivity index (χ0v) is 7.82. The number of aliphatic hydroxyl groups excluding tert-OH is 1. The molecule has 0 aliphatic carbocycles. The summed E-state index contributed by atoms with van der Waals surface area (Å²) in [5.74, 6) is -0.168. The van der Waals surface area contributed by atoms with Gasteiger partial charge in [0.05, 0.1) is 25.9 Å². The fraction of sp³-hybridized carbons (Fsp3) is 0.667. The minimum Gasteiger partial charge on any atom is -0.391 e. The lowest BCUT2D eigenvalue weighted by molar-refractivity contribution is -0.135. The number of nitrogens with zero attached hydrogens (tertiary/aromatic N) is 1. The van der Waals surface area contributed by atoms with Crippen LogP contribution in [0.4, 0.5) is 0 Å². The highest BCUT2D eigenvalue weighted by molar-refractivity contribution is 5.93. The van der Waals surface area contributed by atoms with E-state index >= 15 is 0 Å². The molecule has 1 aliphatic heterocycles. The molecule has 0 saturated carbocycles. The highest BCUT2D eigenvalue weighted by Gasteiger charge is 2.24. The first kappa shape index (κ1) is 10.2. The lowest BCUT2D eigenvalue weighted by Crippen LogP contribution is -2.47. The Hall–Kier alpha value is -0.870. The third kappa shape index (κ3) is 2.29. The largest absolute Gasteiger partial charge is 0.391 e. The van der Waals surface area contributed by atoms with Crippen molar-refractivity contribution in [2.45, 2.75) is 13.0 Å². The molecule has 1 aliphatic rings. The molecule has 1 heterocycles. The van der Waals surface area contributed by atoms with Crippen molar-refractivity contribution < 1.29 is 14.6 Å². The van der Waals surface area contributed by atoms with Crippen molar-refractivity contribution in [3.8, 4) is 0 Å². The first-order chi connectivity index (χ1) is 6.16. The SMILES string of the molecule is C=C(CO)C(=O)N1CCOCC1C. The number of ether oxygens (including phenoxy) is 1. The summed E-state index contributed by atoms with van der Waals surface area (Å²) in [7, 11) is 0.